The van der Waals surface area contributed by atoms with Crippen LogP contribution in [0.25, 0.3) is 0 Å². The Balaban J connectivity index is 2.15. The Morgan fingerprint density at radius 3 is 2.73 bits per heavy atom. The van der Waals surface area contributed by atoms with E-state index in [0.29, 0.717) is 19.3 Å². The van der Waals surface area contributed by atoms with E-state index in [-0.39, 0.29) is 17.5 Å². The van der Waals surface area contributed by atoms with Crippen molar-refractivity contribution < 1.29 is 14.7 Å². The summed E-state index contributed by atoms with van der Waals surface area (Å²) in [6, 6.07) is 0. The first kappa shape index (κ1) is 9.52. The third-order valence-electron chi connectivity index (χ3n) is 4.89. The van der Waals surface area contributed by atoms with Crippen LogP contribution in [-0.2, 0) is 9.59 Å². The minimum absolute atomic E-state index is 0.0692. The van der Waals surface area contributed by atoms with Crippen LogP contribution in [0.2, 0.25) is 0 Å². The highest BCUT2D eigenvalue weighted by molar-refractivity contribution is 6.02. The van der Waals surface area contributed by atoms with Gasteiger partial charge in [0, 0.05) is 12.8 Å². The smallest absolute Gasteiger partial charge is 0.165 e. The van der Waals surface area contributed by atoms with Crippen LogP contribution >= 0.6 is 0 Å². The molecule has 0 amide bonds. The van der Waals surface area contributed by atoms with Crippen molar-refractivity contribution in [3.63, 3.8) is 0 Å². The van der Waals surface area contributed by atoms with E-state index in [1.807, 2.05) is 0 Å². The molecule has 3 fully saturated rings. The fourth-order valence-corrected chi connectivity index (χ4v) is 4.23. The van der Waals surface area contributed by atoms with Crippen LogP contribution in [-0.4, -0.2) is 22.3 Å². The molecular formula is C12H16O3. The summed E-state index contributed by atoms with van der Waals surface area (Å²) >= 11 is 0. The second-order valence-corrected chi connectivity index (χ2v) is 5.32. The topological polar surface area (TPSA) is 54.4 Å². The van der Waals surface area contributed by atoms with Crippen molar-refractivity contribution in [1.29, 1.82) is 0 Å². The molecule has 0 bridgehead atoms. The van der Waals surface area contributed by atoms with Crippen molar-refractivity contribution in [1.82, 2.24) is 0 Å². The van der Waals surface area contributed by atoms with Crippen molar-refractivity contribution >= 4 is 11.6 Å². The summed E-state index contributed by atoms with van der Waals surface area (Å²) in [6.45, 7) is 0. The average molecular weight is 208 g/mol. The summed E-state index contributed by atoms with van der Waals surface area (Å²) in [5.74, 6) is 0.226. The molecule has 82 valence electrons. The predicted molar refractivity (Wildman–Crippen MR) is 53.2 cm³/mol. The third-order valence-corrected chi connectivity index (χ3v) is 4.89. The number of carbonyl (C=O) groups excluding carboxylic acids is 2. The Kier molecular flexibility index (Phi) is 1.71. The van der Waals surface area contributed by atoms with Gasteiger partial charge in [0.05, 0.1) is 5.41 Å². The summed E-state index contributed by atoms with van der Waals surface area (Å²) in [5, 5.41) is 10.5. The zero-order chi connectivity index (χ0) is 10.7. The van der Waals surface area contributed by atoms with E-state index in [4.69, 9.17) is 0 Å². The quantitative estimate of drug-likeness (QED) is 0.651. The SMILES string of the molecule is O=C1C[C@H]2CCCC(=O)[C@]23CCC[C@]13O. The van der Waals surface area contributed by atoms with E-state index >= 15 is 0 Å². The maximum atomic E-state index is 12.1. The van der Waals surface area contributed by atoms with Gasteiger partial charge < -0.3 is 5.11 Å². The molecule has 15 heavy (non-hydrogen) atoms. The molecule has 0 saturated heterocycles. The Labute approximate surface area is 88.9 Å². The molecule has 0 radical (unpaired) electrons. The lowest BCUT2D eigenvalue weighted by Crippen LogP contribution is -2.52. The number of carbonyl (C=O) groups is 2. The van der Waals surface area contributed by atoms with Gasteiger partial charge in [0.25, 0.3) is 0 Å². The Morgan fingerprint density at radius 1 is 1.13 bits per heavy atom. The second-order valence-electron chi connectivity index (χ2n) is 5.32. The highest BCUT2D eigenvalue weighted by atomic mass is 16.3. The lowest BCUT2D eigenvalue weighted by Gasteiger charge is -2.41. The lowest BCUT2D eigenvalue weighted by molar-refractivity contribution is -0.155. The predicted octanol–water partition coefficient (Wildman–Crippen LogP) is 1.23. The highest BCUT2D eigenvalue weighted by Crippen LogP contribution is 2.62. The summed E-state index contributed by atoms with van der Waals surface area (Å²) in [4.78, 5) is 24.0. The van der Waals surface area contributed by atoms with Gasteiger partial charge in [0.1, 0.15) is 11.4 Å². The van der Waals surface area contributed by atoms with E-state index in [1.54, 1.807) is 0 Å². The molecule has 0 aromatic rings. The summed E-state index contributed by atoms with van der Waals surface area (Å²) in [5.41, 5.74) is -1.95. The first-order valence-corrected chi connectivity index (χ1v) is 5.90. The van der Waals surface area contributed by atoms with Gasteiger partial charge in [0.2, 0.25) is 0 Å². The first-order valence-electron chi connectivity index (χ1n) is 5.90. The zero-order valence-electron chi connectivity index (χ0n) is 8.79. The fourth-order valence-electron chi connectivity index (χ4n) is 4.23. The van der Waals surface area contributed by atoms with Gasteiger partial charge in [-0.3, -0.25) is 9.59 Å². The highest BCUT2D eigenvalue weighted by Gasteiger charge is 2.70. The van der Waals surface area contributed by atoms with Gasteiger partial charge in [-0.2, -0.15) is 0 Å². The minimum atomic E-state index is -1.28. The van der Waals surface area contributed by atoms with Crippen LogP contribution in [0.5, 0.6) is 0 Å². The van der Waals surface area contributed by atoms with Crippen LogP contribution in [0, 0.1) is 11.3 Å². The maximum Gasteiger partial charge on any atom is 0.165 e. The standard InChI is InChI=1S/C12H16O3/c13-9-4-1-3-8-7-10(14)12(15)6-2-5-11(8,9)12/h8,15H,1-7H2/t8-,11+,12+/m1/s1. The van der Waals surface area contributed by atoms with Crippen LogP contribution in [0.1, 0.15) is 44.9 Å². The summed E-state index contributed by atoms with van der Waals surface area (Å²) in [6.07, 6.45) is 4.90. The largest absolute Gasteiger partial charge is 0.381 e. The van der Waals surface area contributed by atoms with E-state index in [2.05, 4.69) is 0 Å². The Bertz CT molecular complexity index is 349. The normalized spacial score (nSPS) is 49.3. The van der Waals surface area contributed by atoms with E-state index in [1.165, 1.54) is 0 Å². The number of ketones is 2. The van der Waals surface area contributed by atoms with Crippen molar-refractivity contribution in [2.24, 2.45) is 11.3 Å². The number of hydrogen-bond acceptors (Lipinski definition) is 3. The number of hydrogen-bond donors (Lipinski definition) is 1. The molecule has 3 nitrogen and oxygen atoms in total. The molecule has 3 aliphatic carbocycles. The van der Waals surface area contributed by atoms with Crippen LogP contribution < -0.4 is 0 Å². The minimum Gasteiger partial charge on any atom is -0.381 e. The van der Waals surface area contributed by atoms with Crippen LogP contribution in [0.4, 0.5) is 0 Å². The molecule has 1 N–H and O–H groups in total. The summed E-state index contributed by atoms with van der Waals surface area (Å²) < 4.78 is 0. The second kappa shape index (κ2) is 2.70. The van der Waals surface area contributed by atoms with Gasteiger partial charge in [-0.1, -0.05) is 0 Å². The van der Waals surface area contributed by atoms with Gasteiger partial charge in [-0.15, -0.1) is 0 Å². The lowest BCUT2D eigenvalue weighted by atomic mass is 9.63. The maximum absolute atomic E-state index is 12.1. The molecule has 3 rings (SSSR count). The molecule has 3 aliphatic rings. The Hall–Kier alpha value is -0.700. The number of rotatable bonds is 0. The Morgan fingerprint density at radius 2 is 1.93 bits per heavy atom. The van der Waals surface area contributed by atoms with Crippen molar-refractivity contribution in [2.45, 2.75) is 50.5 Å². The van der Waals surface area contributed by atoms with Crippen LogP contribution in [0.15, 0.2) is 0 Å². The van der Waals surface area contributed by atoms with Gasteiger partial charge >= 0.3 is 0 Å². The molecule has 3 saturated carbocycles. The molecule has 0 aliphatic heterocycles. The van der Waals surface area contributed by atoms with E-state index < -0.39 is 11.0 Å². The molecule has 3 atom stereocenters. The number of aliphatic hydroxyl groups is 1. The van der Waals surface area contributed by atoms with E-state index in [9.17, 15) is 14.7 Å². The molecule has 0 unspecified atom stereocenters. The fraction of sp³-hybridized carbons (Fsp3) is 0.833. The first-order chi connectivity index (χ1) is 7.11. The molecule has 0 aromatic heterocycles. The average Bonchev–Trinajstić information content (AvgIpc) is 2.63. The van der Waals surface area contributed by atoms with Crippen molar-refractivity contribution in [2.75, 3.05) is 0 Å². The van der Waals surface area contributed by atoms with E-state index in [0.717, 1.165) is 25.7 Å². The zero-order valence-corrected chi connectivity index (χ0v) is 8.79. The van der Waals surface area contributed by atoms with Crippen LogP contribution in [0.3, 0.4) is 0 Å². The summed E-state index contributed by atoms with van der Waals surface area (Å²) in [7, 11) is 0. The molecule has 0 heterocycles. The van der Waals surface area contributed by atoms with Gasteiger partial charge in [-0.25, -0.2) is 0 Å². The monoisotopic (exact) mass is 208 g/mol. The van der Waals surface area contributed by atoms with Gasteiger partial charge in [-0.05, 0) is 38.0 Å². The molecular weight excluding hydrogens is 192 g/mol. The van der Waals surface area contributed by atoms with Gasteiger partial charge in [0.15, 0.2) is 5.78 Å². The molecule has 1 spiro atoms. The molecule has 0 aromatic carbocycles. The third kappa shape index (κ3) is 0.865. The van der Waals surface area contributed by atoms with Crippen molar-refractivity contribution in [3.05, 3.63) is 0 Å². The number of Topliss-reactive ketones (excluding diaryl/α,β-unsaturated/α-hetero) is 2. The molecule has 3 heteroatoms. The van der Waals surface area contributed by atoms with Crippen molar-refractivity contribution in [3.8, 4) is 0 Å².